The van der Waals surface area contributed by atoms with Crippen molar-refractivity contribution in [1.29, 1.82) is 0 Å². The Labute approximate surface area is 107 Å². The van der Waals surface area contributed by atoms with Crippen LogP contribution in [0.4, 0.5) is 0 Å². The second-order valence-corrected chi connectivity index (χ2v) is 5.72. The van der Waals surface area contributed by atoms with Crippen LogP contribution in [0.3, 0.4) is 0 Å². The highest BCUT2D eigenvalue weighted by Gasteiger charge is 2.21. The Kier molecular flexibility index (Phi) is 8.48. The van der Waals surface area contributed by atoms with E-state index in [-0.39, 0.29) is 5.41 Å². The van der Waals surface area contributed by atoms with Crippen LogP contribution in [0.15, 0.2) is 12.7 Å². The van der Waals surface area contributed by atoms with Crippen molar-refractivity contribution in [2.24, 2.45) is 5.41 Å². The highest BCUT2D eigenvalue weighted by molar-refractivity contribution is 4.81. The van der Waals surface area contributed by atoms with E-state index < -0.39 is 0 Å². The summed E-state index contributed by atoms with van der Waals surface area (Å²) in [5, 5.41) is 3.51. The molecule has 0 unspecified atom stereocenters. The zero-order chi connectivity index (χ0) is 13.3. The summed E-state index contributed by atoms with van der Waals surface area (Å²) < 4.78 is 5.14. The summed E-state index contributed by atoms with van der Waals surface area (Å²) in [4.78, 5) is 2.39. The van der Waals surface area contributed by atoms with Crippen LogP contribution in [0, 0.1) is 5.41 Å². The van der Waals surface area contributed by atoms with E-state index >= 15 is 0 Å². The van der Waals surface area contributed by atoms with Crippen LogP contribution < -0.4 is 5.32 Å². The molecule has 3 nitrogen and oxygen atoms in total. The number of hydrogen-bond acceptors (Lipinski definition) is 3. The van der Waals surface area contributed by atoms with Gasteiger partial charge in [-0.2, -0.15) is 0 Å². The normalized spacial score (nSPS) is 12.4. The molecule has 0 heterocycles. The van der Waals surface area contributed by atoms with Gasteiger partial charge in [0.1, 0.15) is 0 Å². The molecule has 0 aromatic heterocycles. The number of ether oxygens (including phenoxy) is 1. The average Bonchev–Trinajstić information content (AvgIpc) is 2.23. The molecule has 0 aliphatic carbocycles. The molecule has 1 N–H and O–H groups in total. The van der Waals surface area contributed by atoms with Gasteiger partial charge in [-0.1, -0.05) is 33.8 Å². The van der Waals surface area contributed by atoms with Gasteiger partial charge in [0.2, 0.25) is 0 Å². The fourth-order valence-electron chi connectivity index (χ4n) is 1.78. The molecule has 3 heteroatoms. The highest BCUT2D eigenvalue weighted by Crippen LogP contribution is 2.16. The fourth-order valence-corrected chi connectivity index (χ4v) is 1.78. The van der Waals surface area contributed by atoms with Crippen molar-refractivity contribution < 1.29 is 4.74 Å². The lowest BCUT2D eigenvalue weighted by molar-refractivity contribution is 0.124. The van der Waals surface area contributed by atoms with E-state index in [9.17, 15) is 0 Å². The largest absolute Gasteiger partial charge is 0.383 e. The molecule has 0 saturated carbocycles. The quantitative estimate of drug-likeness (QED) is 0.594. The number of hydrogen-bond donors (Lipinski definition) is 1. The third kappa shape index (κ3) is 9.33. The Morgan fingerprint density at radius 2 is 2.06 bits per heavy atom. The molecular weight excluding hydrogens is 212 g/mol. The number of nitrogens with one attached hydrogen (secondary N) is 1. The molecule has 0 radical (unpaired) electrons. The molecule has 0 saturated heterocycles. The van der Waals surface area contributed by atoms with Crippen LogP contribution in [-0.4, -0.2) is 50.8 Å². The summed E-state index contributed by atoms with van der Waals surface area (Å²) in [6.07, 6.45) is 1.96. The zero-order valence-corrected chi connectivity index (χ0v) is 12.3. The first-order chi connectivity index (χ1) is 7.91. The van der Waals surface area contributed by atoms with Crippen molar-refractivity contribution in [1.82, 2.24) is 10.2 Å². The minimum Gasteiger partial charge on any atom is -0.383 e. The van der Waals surface area contributed by atoms with Crippen LogP contribution in [0.1, 0.15) is 27.7 Å². The van der Waals surface area contributed by atoms with E-state index in [1.54, 1.807) is 7.11 Å². The van der Waals surface area contributed by atoms with Gasteiger partial charge in [-0.25, -0.2) is 0 Å². The van der Waals surface area contributed by atoms with Gasteiger partial charge in [0.25, 0.3) is 0 Å². The molecule has 0 fully saturated rings. The molecule has 0 aliphatic heterocycles. The number of methoxy groups -OCH3 is 1. The van der Waals surface area contributed by atoms with Crippen molar-refractivity contribution in [3.05, 3.63) is 12.7 Å². The van der Waals surface area contributed by atoms with Gasteiger partial charge in [-0.15, -0.1) is 6.58 Å². The Hall–Kier alpha value is -0.380. The lowest BCUT2D eigenvalue weighted by Crippen LogP contribution is -2.43. The van der Waals surface area contributed by atoms with Crippen LogP contribution >= 0.6 is 0 Å². The Balaban J connectivity index is 4.14. The molecule has 0 aromatic carbocycles. The molecule has 102 valence electrons. The third-order valence-corrected chi connectivity index (χ3v) is 2.64. The summed E-state index contributed by atoms with van der Waals surface area (Å²) in [5.74, 6) is 0. The predicted octanol–water partition coefficient (Wildman–Crippen LogP) is 2.14. The van der Waals surface area contributed by atoms with Gasteiger partial charge >= 0.3 is 0 Å². The molecule has 0 aromatic rings. The minimum atomic E-state index is 0.265. The van der Waals surface area contributed by atoms with Crippen LogP contribution in [-0.2, 0) is 4.74 Å². The fraction of sp³-hybridized carbons (Fsp3) is 0.857. The van der Waals surface area contributed by atoms with Crippen LogP contribution in [0.25, 0.3) is 0 Å². The zero-order valence-electron chi connectivity index (χ0n) is 12.3. The van der Waals surface area contributed by atoms with E-state index in [2.05, 4.69) is 44.5 Å². The van der Waals surface area contributed by atoms with E-state index in [1.807, 2.05) is 6.08 Å². The van der Waals surface area contributed by atoms with Crippen molar-refractivity contribution >= 4 is 0 Å². The maximum absolute atomic E-state index is 5.14. The Morgan fingerprint density at radius 3 is 2.53 bits per heavy atom. The summed E-state index contributed by atoms with van der Waals surface area (Å²) in [5.41, 5.74) is 0.265. The van der Waals surface area contributed by atoms with Gasteiger partial charge in [0.05, 0.1) is 6.61 Å². The lowest BCUT2D eigenvalue weighted by atomic mass is 9.92. The number of rotatable bonds is 10. The number of nitrogens with zero attached hydrogens (tertiary/aromatic N) is 1. The smallest absolute Gasteiger partial charge is 0.0589 e. The molecular formula is C14H30N2O. The predicted molar refractivity (Wildman–Crippen MR) is 75.4 cm³/mol. The van der Waals surface area contributed by atoms with Crippen molar-refractivity contribution in [3.8, 4) is 0 Å². The van der Waals surface area contributed by atoms with E-state index in [0.29, 0.717) is 6.04 Å². The van der Waals surface area contributed by atoms with Gasteiger partial charge in [-0.05, 0) is 5.41 Å². The first-order valence-electron chi connectivity index (χ1n) is 6.47. The monoisotopic (exact) mass is 242 g/mol. The highest BCUT2D eigenvalue weighted by atomic mass is 16.5. The summed E-state index contributed by atoms with van der Waals surface area (Å²) in [7, 11) is 1.75. The topological polar surface area (TPSA) is 24.5 Å². The summed E-state index contributed by atoms with van der Waals surface area (Å²) in [6, 6.07) is 0.543. The van der Waals surface area contributed by atoms with E-state index in [0.717, 1.165) is 32.8 Å². The first kappa shape index (κ1) is 16.6. The summed E-state index contributed by atoms with van der Waals surface area (Å²) in [6.45, 7) is 17.5. The molecule has 0 bridgehead atoms. The molecule has 0 aliphatic rings. The maximum atomic E-state index is 5.14. The SMILES string of the molecule is C=CCN(CCOC)CC(C)(C)CNC(C)C. The molecule has 0 amide bonds. The van der Waals surface area contributed by atoms with Gasteiger partial charge in [0, 0.05) is 39.3 Å². The standard InChI is InChI=1S/C14H30N2O/c1-7-8-16(9-10-17-6)12-14(4,5)11-15-13(2)3/h7,13,15H,1,8-12H2,2-6H3. The molecule has 0 atom stereocenters. The lowest BCUT2D eigenvalue weighted by Gasteiger charge is -2.33. The Bertz CT molecular complexity index is 202. The van der Waals surface area contributed by atoms with Gasteiger partial charge < -0.3 is 10.1 Å². The second kappa shape index (κ2) is 8.67. The van der Waals surface area contributed by atoms with E-state index in [4.69, 9.17) is 4.74 Å². The second-order valence-electron chi connectivity index (χ2n) is 5.72. The average molecular weight is 242 g/mol. The van der Waals surface area contributed by atoms with Crippen molar-refractivity contribution in [3.63, 3.8) is 0 Å². The first-order valence-corrected chi connectivity index (χ1v) is 6.47. The van der Waals surface area contributed by atoms with Crippen molar-refractivity contribution in [2.45, 2.75) is 33.7 Å². The van der Waals surface area contributed by atoms with Crippen molar-refractivity contribution in [2.75, 3.05) is 39.9 Å². The Morgan fingerprint density at radius 1 is 1.41 bits per heavy atom. The van der Waals surface area contributed by atoms with Crippen LogP contribution in [0.2, 0.25) is 0 Å². The van der Waals surface area contributed by atoms with Gasteiger partial charge in [0.15, 0.2) is 0 Å². The minimum absolute atomic E-state index is 0.265. The molecule has 17 heavy (non-hydrogen) atoms. The van der Waals surface area contributed by atoms with Crippen LogP contribution in [0.5, 0.6) is 0 Å². The summed E-state index contributed by atoms with van der Waals surface area (Å²) >= 11 is 0. The molecule has 0 spiro atoms. The maximum Gasteiger partial charge on any atom is 0.0589 e. The van der Waals surface area contributed by atoms with E-state index in [1.165, 1.54) is 0 Å². The van der Waals surface area contributed by atoms with Gasteiger partial charge in [-0.3, -0.25) is 4.90 Å². The molecule has 0 rings (SSSR count). The third-order valence-electron chi connectivity index (χ3n) is 2.64.